The van der Waals surface area contributed by atoms with Gasteiger partial charge in [-0.05, 0) is 46.5 Å². The molecule has 37 heavy (non-hydrogen) atoms. The topological polar surface area (TPSA) is 174 Å². The summed E-state index contributed by atoms with van der Waals surface area (Å²) in [7, 11) is 0. The van der Waals surface area contributed by atoms with Crippen LogP contribution in [0, 0.1) is 0 Å². The highest BCUT2D eigenvalue weighted by Gasteiger charge is 2.22. The minimum Gasteiger partial charge on any atom is -0.447 e. The van der Waals surface area contributed by atoms with Crippen molar-refractivity contribution >= 4 is 30.4 Å². The third-order valence-electron chi connectivity index (χ3n) is 4.61. The maximum absolute atomic E-state index is 12.1. The zero-order chi connectivity index (χ0) is 27.8. The van der Waals surface area contributed by atoms with Gasteiger partial charge in [-0.25, -0.2) is 34.0 Å². The molecule has 0 aliphatic heterocycles. The number of nitrogens with zero attached hydrogens (tertiary/aromatic N) is 2. The second-order valence-corrected chi connectivity index (χ2v) is 9.17. The van der Waals surface area contributed by atoms with Crippen molar-refractivity contribution in [3.8, 4) is 0 Å². The number of carbonyl (C=O) groups is 3. The van der Waals surface area contributed by atoms with Crippen LogP contribution in [0.1, 0.15) is 72.1 Å². The predicted molar refractivity (Wildman–Crippen MR) is 135 cm³/mol. The second kappa shape index (κ2) is 21.8. The lowest BCUT2D eigenvalue weighted by atomic mass is 10.2. The highest BCUT2D eigenvalue weighted by atomic mass is 16.6. The number of ether oxygens (including phenoxy) is 3. The van der Waals surface area contributed by atoms with Gasteiger partial charge in [-0.3, -0.25) is 0 Å². The monoisotopic (exact) mass is 527 g/mol. The van der Waals surface area contributed by atoms with Crippen LogP contribution in [0.5, 0.6) is 0 Å². The summed E-state index contributed by atoms with van der Waals surface area (Å²) in [6.07, 6.45) is 7.41. The molecule has 0 fully saturated rings. The molecule has 0 radical (unpaired) electrons. The van der Waals surface area contributed by atoms with Crippen molar-refractivity contribution in [2.75, 3.05) is 39.4 Å². The van der Waals surface area contributed by atoms with Gasteiger partial charge in [-0.1, -0.05) is 25.7 Å². The van der Waals surface area contributed by atoms with E-state index in [1.165, 1.54) is 12.2 Å². The normalized spacial score (nSPS) is 11.2. The average molecular weight is 528 g/mol. The first-order chi connectivity index (χ1) is 17.7. The maximum Gasteiger partial charge on any atom is 0.408 e. The Morgan fingerprint density at radius 1 is 0.703 bits per heavy atom. The Balaban J connectivity index is 4.35. The molecule has 3 amide bonds. The van der Waals surface area contributed by atoms with E-state index >= 15 is 0 Å². The molecule has 13 heteroatoms. The van der Waals surface area contributed by atoms with Crippen molar-refractivity contribution < 1.29 is 38.2 Å². The lowest BCUT2D eigenvalue weighted by Gasteiger charge is -2.23. The van der Waals surface area contributed by atoms with Crippen molar-refractivity contribution in [1.29, 1.82) is 0 Å². The van der Waals surface area contributed by atoms with Crippen LogP contribution in [0.3, 0.4) is 0 Å². The van der Waals surface area contributed by atoms with Crippen molar-refractivity contribution in [1.82, 2.24) is 16.0 Å². The summed E-state index contributed by atoms with van der Waals surface area (Å²) in [5, 5.41) is 7.78. The number of unbranched alkanes of at least 4 members (excludes halogenated alkanes) is 6. The number of isocyanates is 2. The molecule has 13 nitrogen and oxygen atoms in total. The Bertz CT molecular complexity index is 711. The summed E-state index contributed by atoms with van der Waals surface area (Å²) in [6.45, 7) is 6.37. The fraction of sp³-hybridized carbons (Fsp3) is 0.792. The highest BCUT2D eigenvalue weighted by molar-refractivity contribution is 5.69. The molecule has 3 N–H and O–H groups in total. The van der Waals surface area contributed by atoms with Gasteiger partial charge in [-0.15, -0.1) is 0 Å². The quantitative estimate of drug-likeness (QED) is 0.0994. The van der Waals surface area contributed by atoms with Crippen LogP contribution in [0.15, 0.2) is 9.98 Å². The van der Waals surface area contributed by atoms with E-state index < -0.39 is 29.9 Å². The summed E-state index contributed by atoms with van der Waals surface area (Å²) in [5.41, 5.74) is -0.732. The largest absolute Gasteiger partial charge is 0.447 e. The summed E-state index contributed by atoms with van der Waals surface area (Å²) in [6, 6.07) is -0.817. The first kappa shape index (κ1) is 33.6. The van der Waals surface area contributed by atoms with Gasteiger partial charge in [0.15, 0.2) is 0 Å². The first-order valence-electron chi connectivity index (χ1n) is 12.6. The number of alkyl carbamates (subject to hydrolysis) is 3. The fourth-order valence-electron chi connectivity index (χ4n) is 2.87. The number of amides is 3. The minimum absolute atomic E-state index is 0.231. The zero-order valence-electron chi connectivity index (χ0n) is 22.1. The maximum atomic E-state index is 12.1. The molecule has 0 atom stereocenters. The van der Waals surface area contributed by atoms with Gasteiger partial charge in [0.1, 0.15) is 24.9 Å². The molecule has 0 aromatic rings. The molecule has 0 aliphatic carbocycles. The summed E-state index contributed by atoms with van der Waals surface area (Å²) in [5.74, 6) is 0. The van der Waals surface area contributed by atoms with Gasteiger partial charge >= 0.3 is 18.3 Å². The first-order valence-corrected chi connectivity index (χ1v) is 12.6. The molecule has 0 unspecified atom stereocenters. The third-order valence-corrected chi connectivity index (χ3v) is 4.61. The number of rotatable bonds is 19. The molecule has 0 aliphatic rings. The molecule has 0 heterocycles. The molecular formula is C24H41N5O8. The Hall–Kier alpha value is -3.43. The summed E-state index contributed by atoms with van der Waals surface area (Å²) >= 11 is 0. The van der Waals surface area contributed by atoms with Gasteiger partial charge in [-0.2, -0.15) is 0 Å². The zero-order valence-corrected chi connectivity index (χ0v) is 22.1. The van der Waals surface area contributed by atoms with E-state index in [0.29, 0.717) is 26.2 Å². The van der Waals surface area contributed by atoms with Crippen LogP contribution >= 0.6 is 0 Å². The van der Waals surface area contributed by atoms with E-state index in [-0.39, 0.29) is 13.2 Å². The van der Waals surface area contributed by atoms with Gasteiger partial charge in [0.05, 0.1) is 13.1 Å². The smallest absolute Gasteiger partial charge is 0.408 e. The number of hydrogen-bond donors (Lipinski definition) is 3. The Morgan fingerprint density at radius 3 is 1.54 bits per heavy atom. The molecule has 0 saturated carbocycles. The molecule has 0 aromatic heterocycles. The van der Waals surface area contributed by atoms with Crippen LogP contribution in [0.4, 0.5) is 14.4 Å². The summed E-state index contributed by atoms with van der Waals surface area (Å²) in [4.78, 5) is 63.0. The molecular weight excluding hydrogens is 486 g/mol. The van der Waals surface area contributed by atoms with E-state index in [9.17, 15) is 24.0 Å². The van der Waals surface area contributed by atoms with Crippen molar-refractivity contribution in [3.05, 3.63) is 0 Å². The van der Waals surface area contributed by atoms with Crippen molar-refractivity contribution in [2.24, 2.45) is 9.98 Å². The number of aliphatic imine (C=N–C) groups is 2. The molecule has 210 valence electrons. The lowest BCUT2D eigenvalue weighted by molar-refractivity contribution is 0.0415. The van der Waals surface area contributed by atoms with E-state index in [4.69, 9.17) is 14.2 Å². The standard InChI is InChI=1S/C24H41N5O8/c1-24(2,3)37-23(34)29-20(16-35-21(32)27-14-10-6-4-8-12-25-18-30)17-36-22(33)28-15-11-7-5-9-13-26-19-31/h20H,4-17H2,1-3H3,(H,27,32)(H,28,33)(H,29,34). The SMILES string of the molecule is CC(C)(C)OC(=O)NC(COC(=O)NCCCCCCN=C=O)COC(=O)NCCCCCCN=C=O. The average Bonchev–Trinajstić information content (AvgIpc) is 2.83. The summed E-state index contributed by atoms with van der Waals surface area (Å²) < 4.78 is 15.5. The van der Waals surface area contributed by atoms with E-state index in [2.05, 4.69) is 25.9 Å². The Kier molecular flexibility index (Phi) is 19.8. The number of nitrogens with one attached hydrogen (secondary N) is 3. The lowest BCUT2D eigenvalue weighted by Crippen LogP contribution is -2.46. The Labute approximate surface area is 218 Å². The van der Waals surface area contributed by atoms with Crippen LogP contribution in [0.25, 0.3) is 0 Å². The van der Waals surface area contributed by atoms with Crippen LogP contribution in [-0.4, -0.2) is 81.5 Å². The molecule has 0 rings (SSSR count). The number of carbonyl (C=O) groups excluding carboxylic acids is 5. The van der Waals surface area contributed by atoms with Crippen LogP contribution in [0.2, 0.25) is 0 Å². The van der Waals surface area contributed by atoms with Crippen molar-refractivity contribution in [3.63, 3.8) is 0 Å². The van der Waals surface area contributed by atoms with Crippen LogP contribution in [-0.2, 0) is 23.8 Å². The van der Waals surface area contributed by atoms with Crippen LogP contribution < -0.4 is 16.0 Å². The number of hydrogen-bond acceptors (Lipinski definition) is 10. The minimum atomic E-state index is -0.817. The van der Waals surface area contributed by atoms with Gasteiger partial charge in [0.2, 0.25) is 12.2 Å². The van der Waals surface area contributed by atoms with E-state index in [0.717, 1.165) is 51.4 Å². The molecule has 0 aromatic carbocycles. The molecule has 0 bridgehead atoms. The van der Waals surface area contributed by atoms with Gasteiger partial charge in [0, 0.05) is 13.1 Å². The molecule has 0 spiro atoms. The van der Waals surface area contributed by atoms with Gasteiger partial charge < -0.3 is 30.2 Å². The Morgan fingerprint density at radius 2 is 1.14 bits per heavy atom. The second-order valence-electron chi connectivity index (χ2n) is 9.17. The van der Waals surface area contributed by atoms with Gasteiger partial charge in [0.25, 0.3) is 0 Å². The van der Waals surface area contributed by atoms with E-state index in [1.807, 2.05) is 0 Å². The predicted octanol–water partition coefficient (Wildman–Crippen LogP) is 3.12. The molecule has 0 saturated heterocycles. The third kappa shape index (κ3) is 24.1. The highest BCUT2D eigenvalue weighted by Crippen LogP contribution is 2.07. The van der Waals surface area contributed by atoms with E-state index in [1.54, 1.807) is 20.8 Å². The fourth-order valence-corrected chi connectivity index (χ4v) is 2.87. The van der Waals surface area contributed by atoms with Crippen molar-refractivity contribution in [2.45, 2.75) is 83.8 Å².